The molecular formula is C6H17N3. The van der Waals surface area contributed by atoms with Crippen molar-refractivity contribution in [3.8, 4) is 0 Å². The van der Waals surface area contributed by atoms with E-state index in [1.807, 2.05) is 0 Å². The van der Waals surface area contributed by atoms with E-state index in [1.54, 1.807) is 0 Å². The van der Waals surface area contributed by atoms with Crippen molar-refractivity contribution in [2.75, 3.05) is 19.6 Å². The Morgan fingerprint density at radius 3 is 2.67 bits per heavy atom. The second-order valence-corrected chi connectivity index (χ2v) is 2.15. The van der Waals surface area contributed by atoms with Gasteiger partial charge in [0, 0.05) is 12.6 Å². The summed E-state index contributed by atoms with van der Waals surface area (Å²) in [5, 5.41) is 3.15. The van der Waals surface area contributed by atoms with Crippen molar-refractivity contribution in [3.63, 3.8) is 0 Å². The summed E-state index contributed by atoms with van der Waals surface area (Å²) in [7, 11) is 0. The van der Waals surface area contributed by atoms with E-state index in [0.29, 0.717) is 6.54 Å². The molecule has 0 bridgehead atoms. The van der Waals surface area contributed by atoms with E-state index in [1.165, 1.54) is 0 Å². The average Bonchev–Trinajstić information content (AvgIpc) is 1.85. The summed E-state index contributed by atoms with van der Waals surface area (Å²) in [5.74, 6) is 0. The molecule has 1 atom stereocenters. The van der Waals surface area contributed by atoms with Gasteiger partial charge in [0.05, 0.1) is 0 Å². The molecule has 0 rings (SSSR count). The van der Waals surface area contributed by atoms with Crippen LogP contribution in [0.4, 0.5) is 0 Å². The Morgan fingerprint density at radius 1 is 1.56 bits per heavy atom. The first kappa shape index (κ1) is 8.88. The highest BCUT2D eigenvalue weighted by Gasteiger charge is 1.96. The summed E-state index contributed by atoms with van der Waals surface area (Å²) < 4.78 is 0. The van der Waals surface area contributed by atoms with Crippen LogP contribution in [0.25, 0.3) is 0 Å². The van der Waals surface area contributed by atoms with Crippen molar-refractivity contribution in [1.82, 2.24) is 5.32 Å². The van der Waals surface area contributed by atoms with Crippen molar-refractivity contribution in [1.29, 1.82) is 0 Å². The lowest BCUT2D eigenvalue weighted by Crippen LogP contribution is -2.35. The van der Waals surface area contributed by atoms with Gasteiger partial charge in [-0.2, -0.15) is 0 Å². The highest BCUT2D eigenvalue weighted by atomic mass is 14.9. The maximum Gasteiger partial charge on any atom is 0.0177 e. The van der Waals surface area contributed by atoms with Crippen LogP contribution in [-0.4, -0.2) is 25.7 Å². The molecule has 3 nitrogen and oxygen atoms in total. The lowest BCUT2D eigenvalue weighted by Gasteiger charge is -2.08. The van der Waals surface area contributed by atoms with Crippen LogP contribution in [-0.2, 0) is 0 Å². The molecule has 0 fully saturated rings. The number of rotatable bonds is 5. The fraction of sp³-hybridized carbons (Fsp3) is 1.00. The largest absolute Gasteiger partial charge is 0.330 e. The molecule has 56 valence electrons. The monoisotopic (exact) mass is 131 g/mol. The van der Waals surface area contributed by atoms with E-state index in [9.17, 15) is 0 Å². The fourth-order valence-electron chi connectivity index (χ4n) is 0.646. The summed E-state index contributed by atoms with van der Waals surface area (Å²) in [6.07, 6.45) is 0.910. The summed E-state index contributed by atoms with van der Waals surface area (Å²) in [4.78, 5) is 0. The third-order valence-corrected chi connectivity index (χ3v) is 1.19. The van der Waals surface area contributed by atoms with E-state index < -0.39 is 0 Å². The molecule has 9 heavy (non-hydrogen) atoms. The van der Waals surface area contributed by atoms with Crippen LogP contribution in [0, 0.1) is 0 Å². The first-order valence-corrected chi connectivity index (χ1v) is 3.47. The Bertz CT molecular complexity index is 56.3. The van der Waals surface area contributed by atoms with Gasteiger partial charge in [0.1, 0.15) is 0 Å². The van der Waals surface area contributed by atoms with E-state index in [-0.39, 0.29) is 6.04 Å². The van der Waals surface area contributed by atoms with Crippen LogP contribution < -0.4 is 16.8 Å². The van der Waals surface area contributed by atoms with Gasteiger partial charge in [0.15, 0.2) is 0 Å². The van der Waals surface area contributed by atoms with Crippen molar-refractivity contribution in [3.05, 3.63) is 0 Å². The highest BCUT2D eigenvalue weighted by Crippen LogP contribution is 1.80. The number of likely N-dealkylation sites (N-methyl/N-ethyl adjacent to an activating group) is 1. The topological polar surface area (TPSA) is 64.1 Å². The molecule has 0 aliphatic heterocycles. The van der Waals surface area contributed by atoms with Crippen LogP contribution in [0.5, 0.6) is 0 Å². The van der Waals surface area contributed by atoms with Gasteiger partial charge >= 0.3 is 0 Å². The highest BCUT2D eigenvalue weighted by molar-refractivity contribution is 4.63. The van der Waals surface area contributed by atoms with Crippen LogP contribution in [0.15, 0.2) is 0 Å². The molecule has 0 amide bonds. The Labute approximate surface area is 56.8 Å². The zero-order valence-corrected chi connectivity index (χ0v) is 6.06. The van der Waals surface area contributed by atoms with Gasteiger partial charge in [-0.1, -0.05) is 6.92 Å². The van der Waals surface area contributed by atoms with E-state index in [4.69, 9.17) is 11.5 Å². The van der Waals surface area contributed by atoms with Crippen molar-refractivity contribution >= 4 is 0 Å². The van der Waals surface area contributed by atoms with Crippen molar-refractivity contribution in [2.24, 2.45) is 11.5 Å². The Morgan fingerprint density at radius 2 is 2.22 bits per heavy atom. The summed E-state index contributed by atoms with van der Waals surface area (Å²) >= 11 is 0. The molecule has 0 aromatic heterocycles. The average molecular weight is 131 g/mol. The molecule has 0 saturated heterocycles. The first-order valence-electron chi connectivity index (χ1n) is 3.47. The summed E-state index contributed by atoms with van der Waals surface area (Å²) in [6.45, 7) is 4.62. The first-order chi connectivity index (χ1) is 4.31. The SMILES string of the molecule is CCNCC(N)CCN. The lowest BCUT2D eigenvalue weighted by atomic mass is 10.2. The minimum absolute atomic E-state index is 0.231. The van der Waals surface area contributed by atoms with Crippen LogP contribution in [0.3, 0.4) is 0 Å². The molecule has 0 spiro atoms. The Balaban J connectivity index is 2.95. The quantitative estimate of drug-likeness (QED) is 0.461. The molecule has 0 aliphatic carbocycles. The molecule has 0 heterocycles. The third kappa shape index (κ3) is 5.76. The standard InChI is InChI=1S/C6H17N3/c1-2-9-5-6(8)3-4-7/h6,9H,2-5,7-8H2,1H3. The summed E-state index contributed by atoms with van der Waals surface area (Å²) in [5.41, 5.74) is 10.9. The molecule has 0 aromatic carbocycles. The molecular weight excluding hydrogens is 114 g/mol. The second-order valence-electron chi connectivity index (χ2n) is 2.15. The van der Waals surface area contributed by atoms with E-state index in [2.05, 4.69) is 12.2 Å². The molecule has 5 N–H and O–H groups in total. The molecule has 0 aliphatic rings. The van der Waals surface area contributed by atoms with Crippen LogP contribution >= 0.6 is 0 Å². The number of nitrogens with two attached hydrogens (primary N) is 2. The van der Waals surface area contributed by atoms with Crippen molar-refractivity contribution < 1.29 is 0 Å². The normalized spacial score (nSPS) is 13.7. The maximum absolute atomic E-state index is 5.63. The predicted octanol–water partition coefficient (Wildman–Crippen LogP) is -0.728. The fourth-order valence-corrected chi connectivity index (χ4v) is 0.646. The van der Waals surface area contributed by atoms with Gasteiger partial charge in [0.2, 0.25) is 0 Å². The minimum Gasteiger partial charge on any atom is -0.330 e. The van der Waals surface area contributed by atoms with Gasteiger partial charge in [-0.15, -0.1) is 0 Å². The molecule has 0 saturated carbocycles. The van der Waals surface area contributed by atoms with Gasteiger partial charge in [-0.3, -0.25) is 0 Å². The van der Waals surface area contributed by atoms with E-state index >= 15 is 0 Å². The second kappa shape index (κ2) is 6.01. The van der Waals surface area contributed by atoms with Gasteiger partial charge in [-0.25, -0.2) is 0 Å². The molecule has 1 unspecified atom stereocenters. The Hall–Kier alpha value is -0.120. The number of hydrogen-bond acceptors (Lipinski definition) is 3. The summed E-state index contributed by atoms with van der Waals surface area (Å²) in [6, 6.07) is 0.231. The van der Waals surface area contributed by atoms with Gasteiger partial charge < -0.3 is 16.8 Å². The maximum atomic E-state index is 5.63. The Kier molecular flexibility index (Phi) is 5.93. The predicted molar refractivity (Wildman–Crippen MR) is 40.2 cm³/mol. The number of nitrogens with one attached hydrogen (secondary N) is 1. The van der Waals surface area contributed by atoms with Gasteiger partial charge in [0.25, 0.3) is 0 Å². The lowest BCUT2D eigenvalue weighted by molar-refractivity contribution is 0.561. The molecule has 3 heteroatoms. The van der Waals surface area contributed by atoms with Crippen LogP contribution in [0.1, 0.15) is 13.3 Å². The zero-order valence-electron chi connectivity index (χ0n) is 6.06. The van der Waals surface area contributed by atoms with Crippen LogP contribution in [0.2, 0.25) is 0 Å². The third-order valence-electron chi connectivity index (χ3n) is 1.19. The van der Waals surface area contributed by atoms with E-state index in [0.717, 1.165) is 19.5 Å². The van der Waals surface area contributed by atoms with Gasteiger partial charge in [-0.05, 0) is 19.5 Å². The van der Waals surface area contributed by atoms with Crippen molar-refractivity contribution in [2.45, 2.75) is 19.4 Å². The molecule has 0 aromatic rings. The zero-order chi connectivity index (χ0) is 7.11. The minimum atomic E-state index is 0.231. The smallest absolute Gasteiger partial charge is 0.0177 e. The molecule has 0 radical (unpaired) electrons. The number of hydrogen-bond donors (Lipinski definition) is 3.